The molecule has 1 aromatic carbocycles. The highest BCUT2D eigenvalue weighted by Gasteiger charge is 2.56. The number of hydrogen-bond donors (Lipinski definition) is 0. The number of fused-ring (bicyclic) bond motifs is 3. The standard InChI is InChI=1S/C23H29ClO4/c1-13(2)16-11-15-7-8-19-22(4,18(15)12-17(16)20(24)26)9-6-10-23(19,5)21(27)28-14(3)25/h11-13,19H,6-10H2,1-5H3. The van der Waals surface area contributed by atoms with Crippen LogP contribution in [0.15, 0.2) is 12.1 Å². The number of halogens is 1. The van der Waals surface area contributed by atoms with E-state index in [0.717, 1.165) is 36.8 Å². The Morgan fingerprint density at radius 1 is 1.18 bits per heavy atom. The van der Waals surface area contributed by atoms with Crippen LogP contribution in [0.4, 0.5) is 0 Å². The number of aryl methyl sites for hydroxylation is 1. The van der Waals surface area contributed by atoms with Gasteiger partial charge in [0.05, 0.1) is 5.41 Å². The largest absolute Gasteiger partial charge is 0.393 e. The highest BCUT2D eigenvalue weighted by molar-refractivity contribution is 6.68. The van der Waals surface area contributed by atoms with Crippen molar-refractivity contribution in [2.75, 3.05) is 0 Å². The van der Waals surface area contributed by atoms with Gasteiger partial charge in [-0.2, -0.15) is 0 Å². The monoisotopic (exact) mass is 404 g/mol. The van der Waals surface area contributed by atoms with Crippen LogP contribution in [0.2, 0.25) is 0 Å². The third kappa shape index (κ3) is 3.30. The zero-order valence-electron chi connectivity index (χ0n) is 17.4. The topological polar surface area (TPSA) is 60.4 Å². The van der Waals surface area contributed by atoms with Crippen LogP contribution >= 0.6 is 11.6 Å². The molecule has 1 fully saturated rings. The van der Waals surface area contributed by atoms with Gasteiger partial charge < -0.3 is 4.74 Å². The van der Waals surface area contributed by atoms with Crippen molar-refractivity contribution in [2.24, 2.45) is 11.3 Å². The van der Waals surface area contributed by atoms with Crippen LogP contribution in [0.5, 0.6) is 0 Å². The van der Waals surface area contributed by atoms with Crippen LogP contribution in [-0.4, -0.2) is 17.2 Å². The summed E-state index contributed by atoms with van der Waals surface area (Å²) in [6, 6.07) is 4.10. The van der Waals surface area contributed by atoms with Crippen LogP contribution < -0.4 is 0 Å². The van der Waals surface area contributed by atoms with E-state index in [1.807, 2.05) is 13.0 Å². The van der Waals surface area contributed by atoms with Gasteiger partial charge in [-0.1, -0.05) is 33.3 Å². The zero-order valence-corrected chi connectivity index (χ0v) is 18.1. The molecule has 0 aromatic heterocycles. The highest BCUT2D eigenvalue weighted by atomic mass is 35.5. The zero-order chi connectivity index (χ0) is 20.9. The molecule has 152 valence electrons. The maximum absolute atomic E-state index is 12.8. The van der Waals surface area contributed by atoms with Crippen molar-refractivity contribution in [3.05, 3.63) is 34.4 Å². The summed E-state index contributed by atoms with van der Waals surface area (Å²) in [6.45, 7) is 9.51. The molecule has 0 saturated heterocycles. The lowest BCUT2D eigenvalue weighted by atomic mass is 9.49. The Morgan fingerprint density at radius 3 is 2.43 bits per heavy atom. The van der Waals surface area contributed by atoms with Crippen molar-refractivity contribution in [3.8, 4) is 0 Å². The van der Waals surface area contributed by atoms with Crippen LogP contribution in [0.3, 0.4) is 0 Å². The fourth-order valence-electron chi connectivity index (χ4n) is 5.68. The lowest BCUT2D eigenvalue weighted by Crippen LogP contribution is -2.53. The molecule has 1 saturated carbocycles. The Morgan fingerprint density at radius 2 is 1.86 bits per heavy atom. The first-order valence-electron chi connectivity index (χ1n) is 10.1. The number of carbonyl (C=O) groups is 3. The molecule has 3 unspecified atom stereocenters. The van der Waals surface area contributed by atoms with Crippen molar-refractivity contribution in [1.29, 1.82) is 0 Å². The number of rotatable bonds is 3. The molecule has 1 aromatic rings. The molecule has 2 aliphatic rings. The van der Waals surface area contributed by atoms with E-state index in [1.54, 1.807) is 0 Å². The summed E-state index contributed by atoms with van der Waals surface area (Å²) in [7, 11) is 0. The Kier molecular flexibility index (Phi) is 5.48. The van der Waals surface area contributed by atoms with Crippen LogP contribution in [0.25, 0.3) is 0 Å². The summed E-state index contributed by atoms with van der Waals surface area (Å²) < 4.78 is 5.03. The second-order valence-electron chi connectivity index (χ2n) is 9.19. The quantitative estimate of drug-likeness (QED) is 0.390. The normalized spacial score (nSPS) is 29.0. The van der Waals surface area contributed by atoms with Gasteiger partial charge in [-0.05, 0) is 84.2 Å². The predicted octanol–water partition coefficient (Wildman–Crippen LogP) is 5.29. The number of ether oxygens (including phenoxy) is 1. The number of esters is 2. The molecule has 0 spiro atoms. The smallest absolute Gasteiger partial charge is 0.319 e. The molecule has 28 heavy (non-hydrogen) atoms. The van der Waals surface area contributed by atoms with Gasteiger partial charge in [-0.3, -0.25) is 14.4 Å². The average Bonchev–Trinajstić information content (AvgIpc) is 2.59. The molecule has 0 N–H and O–H groups in total. The minimum absolute atomic E-state index is 0.0521. The van der Waals surface area contributed by atoms with E-state index in [4.69, 9.17) is 16.3 Å². The summed E-state index contributed by atoms with van der Waals surface area (Å²) >= 11 is 5.93. The summed E-state index contributed by atoms with van der Waals surface area (Å²) in [4.78, 5) is 36.4. The van der Waals surface area contributed by atoms with Gasteiger partial charge in [0.1, 0.15) is 0 Å². The molecule has 3 atom stereocenters. The molecule has 2 aliphatic carbocycles. The van der Waals surface area contributed by atoms with E-state index in [2.05, 4.69) is 26.8 Å². The van der Waals surface area contributed by atoms with Crippen molar-refractivity contribution in [1.82, 2.24) is 0 Å². The molecule has 3 rings (SSSR count). The van der Waals surface area contributed by atoms with Gasteiger partial charge in [0.25, 0.3) is 5.24 Å². The Hall–Kier alpha value is -1.68. The predicted molar refractivity (Wildman–Crippen MR) is 109 cm³/mol. The van der Waals surface area contributed by atoms with Crippen molar-refractivity contribution < 1.29 is 19.1 Å². The number of carbonyl (C=O) groups excluding carboxylic acids is 3. The molecule has 0 heterocycles. The first-order valence-corrected chi connectivity index (χ1v) is 10.5. The van der Waals surface area contributed by atoms with Crippen molar-refractivity contribution >= 4 is 28.8 Å². The molecule has 0 amide bonds. The van der Waals surface area contributed by atoms with E-state index >= 15 is 0 Å². The van der Waals surface area contributed by atoms with E-state index in [-0.39, 0.29) is 17.3 Å². The van der Waals surface area contributed by atoms with Crippen LogP contribution in [-0.2, 0) is 26.2 Å². The van der Waals surface area contributed by atoms with Crippen LogP contribution in [0, 0.1) is 11.3 Å². The molecule has 0 aliphatic heterocycles. The highest BCUT2D eigenvalue weighted by Crippen LogP contribution is 2.58. The summed E-state index contributed by atoms with van der Waals surface area (Å²) in [5.41, 5.74) is 2.95. The molecular formula is C23H29ClO4. The Bertz CT molecular complexity index is 843. The molecule has 0 radical (unpaired) electrons. The summed E-state index contributed by atoms with van der Waals surface area (Å²) in [5, 5.41) is -0.438. The lowest BCUT2D eigenvalue weighted by molar-refractivity contribution is -0.172. The maximum Gasteiger partial charge on any atom is 0.319 e. The molecule has 0 bridgehead atoms. The SMILES string of the molecule is CC(=O)OC(=O)C1(C)CCCC2(C)c3cc(C(=O)Cl)c(C(C)C)cc3CCC12. The minimum atomic E-state index is -0.710. The fourth-order valence-corrected chi connectivity index (χ4v) is 5.84. The maximum atomic E-state index is 12.8. The van der Waals surface area contributed by atoms with Gasteiger partial charge in [0, 0.05) is 12.5 Å². The second-order valence-corrected chi connectivity index (χ2v) is 9.53. The van der Waals surface area contributed by atoms with Crippen molar-refractivity contribution in [3.63, 3.8) is 0 Å². The molecule has 5 heteroatoms. The molecular weight excluding hydrogens is 376 g/mol. The Balaban J connectivity index is 2.12. The Labute approximate surface area is 172 Å². The summed E-state index contributed by atoms with van der Waals surface area (Å²) in [6.07, 6.45) is 4.21. The number of benzene rings is 1. The van der Waals surface area contributed by atoms with E-state index < -0.39 is 22.6 Å². The van der Waals surface area contributed by atoms with Gasteiger partial charge >= 0.3 is 11.9 Å². The average molecular weight is 405 g/mol. The lowest BCUT2D eigenvalue weighted by Gasteiger charge is -2.54. The second kappa shape index (κ2) is 7.29. The van der Waals surface area contributed by atoms with Gasteiger partial charge in [-0.25, -0.2) is 0 Å². The van der Waals surface area contributed by atoms with Gasteiger partial charge in [0.2, 0.25) is 0 Å². The van der Waals surface area contributed by atoms with Crippen molar-refractivity contribution in [2.45, 2.75) is 78.1 Å². The van der Waals surface area contributed by atoms with Gasteiger partial charge in [0.15, 0.2) is 0 Å². The fraction of sp³-hybridized carbons (Fsp3) is 0.609. The first kappa shape index (κ1) is 21.0. The molecule has 4 nitrogen and oxygen atoms in total. The first-order chi connectivity index (χ1) is 13.0. The van der Waals surface area contributed by atoms with Gasteiger partial charge in [-0.15, -0.1) is 0 Å². The third-order valence-corrected chi connectivity index (χ3v) is 7.26. The van der Waals surface area contributed by atoms with Crippen LogP contribution in [0.1, 0.15) is 93.3 Å². The summed E-state index contributed by atoms with van der Waals surface area (Å²) in [5.74, 6) is -0.731. The number of hydrogen-bond acceptors (Lipinski definition) is 4. The third-order valence-electron chi connectivity index (χ3n) is 7.06. The van der Waals surface area contributed by atoms with E-state index in [1.165, 1.54) is 12.5 Å². The minimum Gasteiger partial charge on any atom is -0.393 e. The van der Waals surface area contributed by atoms with E-state index in [0.29, 0.717) is 12.0 Å². The van der Waals surface area contributed by atoms with E-state index in [9.17, 15) is 14.4 Å².